The van der Waals surface area contributed by atoms with E-state index >= 15 is 0 Å². The maximum absolute atomic E-state index is 13.1. The summed E-state index contributed by atoms with van der Waals surface area (Å²) in [6.07, 6.45) is 0. The number of thioether (sulfide) groups is 1. The van der Waals surface area contributed by atoms with Gasteiger partial charge in [-0.05, 0) is 18.2 Å². The summed E-state index contributed by atoms with van der Waals surface area (Å²) < 4.78 is 17.8. The number of esters is 1. The Kier molecular flexibility index (Phi) is 4.81. The van der Waals surface area contributed by atoms with Crippen molar-refractivity contribution in [3.63, 3.8) is 0 Å². The molecule has 0 aliphatic carbocycles. The molecule has 0 aliphatic rings. The first kappa shape index (κ1) is 13.8. The number of benzene rings is 1. The monoisotopic (exact) mass is 257 g/mol. The Balaban J connectivity index is 2.73. The molecule has 1 aromatic rings. The summed E-state index contributed by atoms with van der Waals surface area (Å²) >= 11 is 1.40. The summed E-state index contributed by atoms with van der Waals surface area (Å²) in [5.74, 6) is -0.894. The van der Waals surface area contributed by atoms with Gasteiger partial charge in [0, 0.05) is 15.8 Å². The van der Waals surface area contributed by atoms with Crippen molar-refractivity contribution in [3.05, 3.63) is 24.0 Å². The van der Waals surface area contributed by atoms with E-state index in [2.05, 4.69) is 4.74 Å². The van der Waals surface area contributed by atoms with Gasteiger partial charge in [-0.25, -0.2) is 4.39 Å². The Hall–Kier alpha value is -1.23. The molecule has 0 aromatic heterocycles. The van der Waals surface area contributed by atoms with Gasteiger partial charge in [-0.2, -0.15) is 0 Å². The third-order valence-electron chi connectivity index (χ3n) is 2.49. The summed E-state index contributed by atoms with van der Waals surface area (Å²) in [5, 5.41) is -0.0105. The van der Waals surface area contributed by atoms with Gasteiger partial charge < -0.3 is 10.5 Å². The van der Waals surface area contributed by atoms with E-state index in [9.17, 15) is 9.18 Å². The van der Waals surface area contributed by atoms with Crippen molar-refractivity contribution >= 4 is 23.4 Å². The van der Waals surface area contributed by atoms with Gasteiger partial charge in [-0.1, -0.05) is 13.8 Å². The van der Waals surface area contributed by atoms with E-state index in [0.717, 1.165) is 0 Å². The maximum atomic E-state index is 13.1. The van der Waals surface area contributed by atoms with E-state index in [1.165, 1.54) is 31.0 Å². The topological polar surface area (TPSA) is 52.3 Å². The van der Waals surface area contributed by atoms with Crippen LogP contribution in [0.2, 0.25) is 0 Å². The molecule has 1 aromatic carbocycles. The molecule has 0 heterocycles. The van der Waals surface area contributed by atoms with Gasteiger partial charge >= 0.3 is 5.97 Å². The number of carbonyl (C=O) groups excluding carboxylic acids is 1. The Morgan fingerprint density at radius 3 is 2.59 bits per heavy atom. The molecule has 1 rings (SSSR count). The first-order valence-corrected chi connectivity index (χ1v) is 6.12. The molecule has 17 heavy (non-hydrogen) atoms. The van der Waals surface area contributed by atoms with Crippen LogP contribution in [-0.2, 0) is 9.53 Å². The highest BCUT2D eigenvalue weighted by atomic mass is 32.2. The van der Waals surface area contributed by atoms with Crippen LogP contribution in [0.5, 0.6) is 0 Å². The molecule has 2 atom stereocenters. The van der Waals surface area contributed by atoms with Crippen LogP contribution in [0.3, 0.4) is 0 Å². The summed E-state index contributed by atoms with van der Waals surface area (Å²) in [6, 6.07) is 4.36. The van der Waals surface area contributed by atoms with E-state index in [1.54, 1.807) is 13.0 Å². The lowest BCUT2D eigenvalue weighted by Crippen LogP contribution is -2.21. The lowest BCUT2D eigenvalue weighted by molar-refractivity contribution is -0.144. The van der Waals surface area contributed by atoms with Crippen LogP contribution >= 0.6 is 11.8 Å². The number of rotatable bonds is 4. The molecule has 0 aliphatic heterocycles. The standard InChI is InChI=1S/C12H16FNO2S/c1-7(12(15)16-3)8(2)17-11-5-9(13)4-10(14)6-11/h4-8H,14H2,1-3H3. The highest BCUT2D eigenvalue weighted by molar-refractivity contribution is 8.00. The third kappa shape index (κ3) is 3.93. The second-order valence-corrected chi connectivity index (χ2v) is 5.31. The molecule has 0 fully saturated rings. The fraction of sp³-hybridized carbons (Fsp3) is 0.417. The zero-order chi connectivity index (χ0) is 13.0. The average molecular weight is 257 g/mol. The van der Waals surface area contributed by atoms with Gasteiger partial charge in [-0.15, -0.1) is 11.8 Å². The van der Waals surface area contributed by atoms with E-state index in [0.29, 0.717) is 10.6 Å². The summed E-state index contributed by atoms with van der Waals surface area (Å²) in [6.45, 7) is 3.68. The molecule has 2 unspecified atom stereocenters. The van der Waals surface area contributed by atoms with E-state index < -0.39 is 0 Å². The molecule has 0 saturated heterocycles. The minimum Gasteiger partial charge on any atom is -0.469 e. The van der Waals surface area contributed by atoms with E-state index in [4.69, 9.17) is 5.73 Å². The predicted molar refractivity (Wildman–Crippen MR) is 67.3 cm³/mol. The first-order valence-electron chi connectivity index (χ1n) is 5.24. The van der Waals surface area contributed by atoms with E-state index in [1.807, 2.05) is 6.92 Å². The molecule has 0 spiro atoms. The van der Waals surface area contributed by atoms with Crippen molar-refractivity contribution in [3.8, 4) is 0 Å². The van der Waals surface area contributed by atoms with Gasteiger partial charge in [-0.3, -0.25) is 4.79 Å². The zero-order valence-corrected chi connectivity index (χ0v) is 10.9. The van der Waals surface area contributed by atoms with Crippen LogP contribution in [0.1, 0.15) is 13.8 Å². The zero-order valence-electron chi connectivity index (χ0n) is 10.1. The van der Waals surface area contributed by atoms with Gasteiger partial charge in [0.05, 0.1) is 13.0 Å². The third-order valence-corrected chi connectivity index (χ3v) is 3.78. The van der Waals surface area contributed by atoms with Crippen LogP contribution in [0, 0.1) is 11.7 Å². The van der Waals surface area contributed by atoms with Crippen LogP contribution in [0.15, 0.2) is 23.1 Å². The summed E-state index contributed by atoms with van der Waals surface area (Å²) in [4.78, 5) is 12.1. The number of ether oxygens (including phenoxy) is 1. The second kappa shape index (κ2) is 5.91. The number of halogens is 1. The van der Waals surface area contributed by atoms with Crippen molar-refractivity contribution < 1.29 is 13.9 Å². The molecule has 2 N–H and O–H groups in total. The Morgan fingerprint density at radius 2 is 2.06 bits per heavy atom. The second-order valence-electron chi connectivity index (χ2n) is 3.86. The van der Waals surface area contributed by atoms with Crippen molar-refractivity contribution in [2.24, 2.45) is 5.92 Å². The Morgan fingerprint density at radius 1 is 1.41 bits per heavy atom. The average Bonchev–Trinajstić information content (AvgIpc) is 2.25. The molecule has 0 amide bonds. The normalized spacial score (nSPS) is 14.1. The highest BCUT2D eigenvalue weighted by Gasteiger charge is 2.21. The van der Waals surface area contributed by atoms with Gasteiger partial charge in [0.25, 0.3) is 0 Å². The number of anilines is 1. The molecule has 3 nitrogen and oxygen atoms in total. The van der Waals surface area contributed by atoms with Crippen molar-refractivity contribution in [1.82, 2.24) is 0 Å². The molecular weight excluding hydrogens is 241 g/mol. The molecule has 94 valence electrons. The molecule has 0 bridgehead atoms. The SMILES string of the molecule is COC(=O)C(C)C(C)Sc1cc(N)cc(F)c1. The minimum atomic E-state index is -0.370. The number of nitrogens with two attached hydrogens (primary N) is 1. The van der Waals surface area contributed by atoms with Gasteiger partial charge in [0.15, 0.2) is 0 Å². The summed E-state index contributed by atoms with van der Waals surface area (Å²) in [7, 11) is 1.36. The first-order chi connectivity index (χ1) is 7.93. The molecule has 0 radical (unpaired) electrons. The fourth-order valence-corrected chi connectivity index (χ4v) is 2.48. The Bertz CT molecular complexity index is 391. The van der Waals surface area contributed by atoms with Crippen molar-refractivity contribution in [1.29, 1.82) is 0 Å². The summed E-state index contributed by atoms with van der Waals surface area (Å²) in [5.41, 5.74) is 5.93. The minimum absolute atomic E-state index is 0.0105. The Labute approximate surface area is 105 Å². The molecular formula is C12H16FNO2S. The highest BCUT2D eigenvalue weighted by Crippen LogP contribution is 2.30. The molecule has 5 heteroatoms. The van der Waals surface area contributed by atoms with Gasteiger partial charge in [0.2, 0.25) is 0 Å². The maximum Gasteiger partial charge on any atom is 0.309 e. The van der Waals surface area contributed by atoms with Crippen LogP contribution < -0.4 is 5.73 Å². The van der Waals surface area contributed by atoms with Crippen LogP contribution in [0.4, 0.5) is 10.1 Å². The lowest BCUT2D eigenvalue weighted by atomic mass is 10.1. The smallest absolute Gasteiger partial charge is 0.309 e. The number of methoxy groups -OCH3 is 1. The van der Waals surface area contributed by atoms with Crippen molar-refractivity contribution in [2.45, 2.75) is 24.0 Å². The fourth-order valence-electron chi connectivity index (χ4n) is 1.35. The number of hydrogen-bond donors (Lipinski definition) is 1. The lowest BCUT2D eigenvalue weighted by Gasteiger charge is -2.17. The van der Waals surface area contributed by atoms with E-state index in [-0.39, 0.29) is 23.0 Å². The van der Waals surface area contributed by atoms with Crippen LogP contribution in [-0.4, -0.2) is 18.3 Å². The predicted octanol–water partition coefficient (Wildman–Crippen LogP) is 2.70. The number of carbonyl (C=O) groups is 1. The van der Waals surface area contributed by atoms with Crippen molar-refractivity contribution in [2.75, 3.05) is 12.8 Å². The largest absolute Gasteiger partial charge is 0.469 e. The number of hydrogen-bond acceptors (Lipinski definition) is 4. The van der Waals surface area contributed by atoms with Gasteiger partial charge in [0.1, 0.15) is 5.82 Å². The van der Waals surface area contributed by atoms with Crippen LogP contribution in [0.25, 0.3) is 0 Å². The quantitative estimate of drug-likeness (QED) is 0.512. The molecule has 0 saturated carbocycles. The number of nitrogen functional groups attached to an aromatic ring is 1.